The van der Waals surface area contributed by atoms with E-state index in [0.717, 1.165) is 17.7 Å². The van der Waals surface area contributed by atoms with Crippen molar-refractivity contribution in [2.75, 3.05) is 20.1 Å². The highest BCUT2D eigenvalue weighted by atomic mass is 32.1. The molecule has 3 rings (SSSR count). The standard InChI is InChI=1S/C17H24N4O.C6H8S.C2H6/c1-12-7-5-6-8-13(2)17(12)20-11-15-9-16(22)21(18-4)14(3)19-10-15;1-2-6-4-3-5-7-6;1-2/h5,7-9,18-20H,3,6,10-11H2,1-2,4H3;3-5H,2H2,1H3;1-2H3. The molecule has 1 aromatic heterocycles. The van der Waals surface area contributed by atoms with E-state index in [4.69, 9.17) is 0 Å². The minimum absolute atomic E-state index is 0.118. The molecule has 1 amide bonds. The molecule has 0 bridgehead atoms. The Hall–Kier alpha value is -2.57. The minimum Gasteiger partial charge on any atom is -0.381 e. The molecule has 2 aliphatic rings. The average molecular weight is 443 g/mol. The van der Waals surface area contributed by atoms with E-state index in [2.05, 4.69) is 79.2 Å². The lowest BCUT2D eigenvalue weighted by atomic mass is 10.1. The molecule has 6 heteroatoms. The first-order chi connectivity index (χ1) is 15.0. The molecule has 0 aromatic carbocycles. The van der Waals surface area contributed by atoms with Crippen LogP contribution in [0.3, 0.4) is 0 Å². The number of thiophene rings is 1. The lowest BCUT2D eigenvalue weighted by Gasteiger charge is -2.20. The van der Waals surface area contributed by atoms with E-state index in [9.17, 15) is 4.79 Å². The van der Waals surface area contributed by atoms with Gasteiger partial charge in [-0.05, 0) is 54.9 Å². The minimum atomic E-state index is -0.118. The highest BCUT2D eigenvalue weighted by molar-refractivity contribution is 7.09. The normalized spacial score (nSPS) is 16.0. The molecule has 0 atom stereocenters. The second-order valence-electron chi connectivity index (χ2n) is 6.87. The van der Waals surface area contributed by atoms with E-state index in [0.29, 0.717) is 18.9 Å². The van der Waals surface area contributed by atoms with E-state index in [1.54, 1.807) is 13.1 Å². The number of hydrogen-bond acceptors (Lipinski definition) is 5. The summed E-state index contributed by atoms with van der Waals surface area (Å²) in [5.74, 6) is 0.440. The Balaban J connectivity index is 0.000000447. The van der Waals surface area contributed by atoms with E-state index < -0.39 is 0 Å². The molecule has 170 valence electrons. The monoisotopic (exact) mass is 442 g/mol. The van der Waals surface area contributed by atoms with Crippen LogP contribution in [-0.4, -0.2) is 31.1 Å². The number of amides is 1. The van der Waals surface area contributed by atoms with E-state index >= 15 is 0 Å². The number of nitrogens with zero attached hydrogens (tertiary/aromatic N) is 1. The van der Waals surface area contributed by atoms with Gasteiger partial charge in [-0.1, -0.05) is 51.6 Å². The van der Waals surface area contributed by atoms with Crippen molar-refractivity contribution < 1.29 is 4.79 Å². The zero-order valence-corrected chi connectivity index (χ0v) is 20.7. The molecule has 0 saturated heterocycles. The van der Waals surface area contributed by atoms with E-state index in [-0.39, 0.29) is 5.91 Å². The molecule has 2 heterocycles. The van der Waals surface area contributed by atoms with Crippen LogP contribution in [0.5, 0.6) is 0 Å². The number of hydrazine groups is 1. The van der Waals surface area contributed by atoms with Crippen LogP contribution in [0.25, 0.3) is 0 Å². The summed E-state index contributed by atoms with van der Waals surface area (Å²) in [6.07, 6.45) is 10.3. The average Bonchev–Trinajstić information content (AvgIpc) is 3.20. The van der Waals surface area contributed by atoms with Crippen molar-refractivity contribution in [3.8, 4) is 0 Å². The van der Waals surface area contributed by atoms with Crippen LogP contribution in [0.2, 0.25) is 0 Å². The van der Waals surface area contributed by atoms with Crippen LogP contribution in [0.1, 0.15) is 45.9 Å². The number of allylic oxidation sites excluding steroid dienone is 5. The van der Waals surface area contributed by atoms with Gasteiger partial charge >= 0.3 is 0 Å². The lowest BCUT2D eigenvalue weighted by molar-refractivity contribution is -0.126. The Kier molecular flexibility index (Phi) is 12.3. The fourth-order valence-electron chi connectivity index (χ4n) is 3.06. The molecular weight excluding hydrogens is 404 g/mol. The van der Waals surface area contributed by atoms with Crippen molar-refractivity contribution in [3.05, 3.63) is 81.5 Å². The second-order valence-corrected chi connectivity index (χ2v) is 7.90. The van der Waals surface area contributed by atoms with Crippen molar-refractivity contribution in [1.29, 1.82) is 0 Å². The zero-order chi connectivity index (χ0) is 23.2. The van der Waals surface area contributed by atoms with Gasteiger partial charge in [-0.3, -0.25) is 4.79 Å². The van der Waals surface area contributed by atoms with Crippen LogP contribution in [-0.2, 0) is 11.2 Å². The molecule has 31 heavy (non-hydrogen) atoms. The number of carbonyl (C=O) groups excluding carboxylic acids is 1. The molecule has 1 aliphatic heterocycles. The van der Waals surface area contributed by atoms with Gasteiger partial charge < -0.3 is 10.6 Å². The van der Waals surface area contributed by atoms with Gasteiger partial charge in [0.05, 0.1) is 0 Å². The van der Waals surface area contributed by atoms with Crippen LogP contribution < -0.4 is 16.1 Å². The van der Waals surface area contributed by atoms with E-state index in [1.165, 1.54) is 27.5 Å². The van der Waals surface area contributed by atoms with Gasteiger partial charge in [0.25, 0.3) is 5.91 Å². The van der Waals surface area contributed by atoms with Crippen molar-refractivity contribution in [2.24, 2.45) is 0 Å². The van der Waals surface area contributed by atoms with Gasteiger partial charge in [0.15, 0.2) is 0 Å². The Morgan fingerprint density at radius 3 is 2.61 bits per heavy atom. The van der Waals surface area contributed by atoms with Gasteiger partial charge in [0.1, 0.15) is 5.82 Å². The topological polar surface area (TPSA) is 56.4 Å². The summed E-state index contributed by atoms with van der Waals surface area (Å²) in [5.41, 5.74) is 7.39. The Morgan fingerprint density at radius 1 is 1.29 bits per heavy atom. The summed E-state index contributed by atoms with van der Waals surface area (Å²) in [6.45, 7) is 15.4. The third-order valence-electron chi connectivity index (χ3n) is 4.70. The molecule has 3 N–H and O–H groups in total. The van der Waals surface area contributed by atoms with Crippen molar-refractivity contribution >= 4 is 17.2 Å². The largest absolute Gasteiger partial charge is 0.381 e. The SMILES string of the molecule is C=C1NCC(CNC2=C(C)C=CCC=C2C)=CC(=O)N1NC.CC.CCc1cccs1. The first-order valence-electron chi connectivity index (χ1n) is 10.9. The summed E-state index contributed by atoms with van der Waals surface area (Å²) in [6, 6.07) is 4.24. The summed E-state index contributed by atoms with van der Waals surface area (Å²) in [5, 5.41) is 10.1. The lowest BCUT2D eigenvalue weighted by Crippen LogP contribution is -2.41. The number of hydrogen-bond donors (Lipinski definition) is 3. The molecule has 5 nitrogen and oxygen atoms in total. The Labute approximate surface area is 192 Å². The third-order valence-corrected chi connectivity index (χ3v) is 5.72. The predicted octanol–water partition coefficient (Wildman–Crippen LogP) is 5.06. The third kappa shape index (κ3) is 8.59. The molecule has 0 spiro atoms. The molecule has 0 unspecified atom stereocenters. The van der Waals surface area contributed by atoms with Crippen LogP contribution in [0.15, 0.2) is 76.6 Å². The fraction of sp³-hybridized carbons (Fsp3) is 0.400. The number of nitrogens with one attached hydrogen (secondary N) is 3. The Bertz CT molecular complexity index is 832. The first-order valence-corrected chi connectivity index (χ1v) is 11.8. The summed E-state index contributed by atoms with van der Waals surface area (Å²) >= 11 is 1.82. The maximum absolute atomic E-state index is 12.1. The maximum Gasteiger partial charge on any atom is 0.266 e. The van der Waals surface area contributed by atoms with Crippen molar-refractivity contribution in [1.82, 2.24) is 21.1 Å². The van der Waals surface area contributed by atoms with E-state index in [1.807, 2.05) is 25.2 Å². The smallest absolute Gasteiger partial charge is 0.266 e. The molecular formula is C25H38N4OS. The highest BCUT2D eigenvalue weighted by Gasteiger charge is 2.18. The quantitative estimate of drug-likeness (QED) is 0.597. The Morgan fingerprint density at radius 2 is 2.03 bits per heavy atom. The number of rotatable bonds is 5. The highest BCUT2D eigenvalue weighted by Crippen LogP contribution is 2.18. The predicted molar refractivity (Wildman–Crippen MR) is 134 cm³/mol. The van der Waals surface area contributed by atoms with Gasteiger partial charge in [-0.2, -0.15) is 0 Å². The van der Waals surface area contributed by atoms with Gasteiger partial charge in [0.2, 0.25) is 0 Å². The van der Waals surface area contributed by atoms with Gasteiger partial charge in [-0.15, -0.1) is 11.3 Å². The molecule has 0 radical (unpaired) electrons. The van der Waals surface area contributed by atoms with Gasteiger partial charge in [-0.25, -0.2) is 10.4 Å². The maximum atomic E-state index is 12.1. The van der Waals surface area contributed by atoms with Crippen molar-refractivity contribution in [3.63, 3.8) is 0 Å². The first kappa shape index (κ1) is 26.5. The number of carbonyl (C=O) groups is 1. The summed E-state index contributed by atoms with van der Waals surface area (Å²) < 4.78 is 0. The van der Waals surface area contributed by atoms with Crippen molar-refractivity contribution in [2.45, 2.75) is 47.5 Å². The van der Waals surface area contributed by atoms with Crippen LogP contribution >= 0.6 is 11.3 Å². The summed E-state index contributed by atoms with van der Waals surface area (Å²) in [7, 11) is 1.70. The molecule has 0 saturated carbocycles. The van der Waals surface area contributed by atoms with Crippen LogP contribution in [0.4, 0.5) is 0 Å². The fourth-order valence-corrected chi connectivity index (χ4v) is 3.71. The van der Waals surface area contributed by atoms with Gasteiger partial charge in [0, 0.05) is 36.8 Å². The number of aryl methyl sites for hydroxylation is 1. The molecule has 0 fully saturated rings. The van der Waals surface area contributed by atoms with Crippen LogP contribution in [0, 0.1) is 0 Å². The summed E-state index contributed by atoms with van der Waals surface area (Å²) in [4.78, 5) is 13.6. The zero-order valence-electron chi connectivity index (χ0n) is 19.8. The second kappa shape index (κ2) is 14.4. The molecule has 1 aliphatic carbocycles. The molecule has 1 aromatic rings.